The Balaban J connectivity index is 4.79. The molecule has 4 heteroatoms. The van der Waals surface area contributed by atoms with Gasteiger partial charge in [0.05, 0.1) is 6.04 Å². The topological polar surface area (TPSA) is 55.4 Å². The molecule has 0 aliphatic carbocycles. The lowest BCUT2D eigenvalue weighted by Gasteiger charge is -2.26. The van der Waals surface area contributed by atoms with Crippen molar-refractivity contribution < 1.29 is 14.3 Å². The molecule has 0 radical (unpaired) electrons. The van der Waals surface area contributed by atoms with Gasteiger partial charge in [-0.2, -0.15) is 0 Å². The molecule has 0 spiro atoms. The van der Waals surface area contributed by atoms with Crippen molar-refractivity contribution in [1.82, 2.24) is 5.32 Å². The first-order valence-corrected chi connectivity index (χ1v) is 7.62. The molecule has 2 atom stereocenters. The van der Waals surface area contributed by atoms with Crippen LogP contribution in [0.3, 0.4) is 0 Å². The second-order valence-electron chi connectivity index (χ2n) is 7.18. The van der Waals surface area contributed by atoms with Crippen LogP contribution in [-0.4, -0.2) is 23.5 Å². The molecule has 1 N–H and O–H groups in total. The number of ketones is 1. The first-order chi connectivity index (χ1) is 9.47. The first kappa shape index (κ1) is 19.7. The Morgan fingerprint density at radius 1 is 1.14 bits per heavy atom. The van der Waals surface area contributed by atoms with Crippen LogP contribution < -0.4 is 5.32 Å². The van der Waals surface area contributed by atoms with E-state index in [4.69, 9.17) is 4.74 Å². The highest BCUT2D eigenvalue weighted by Crippen LogP contribution is 2.19. The van der Waals surface area contributed by atoms with Crippen LogP contribution in [-0.2, 0) is 9.53 Å². The van der Waals surface area contributed by atoms with Gasteiger partial charge >= 0.3 is 6.09 Å². The highest BCUT2D eigenvalue weighted by Gasteiger charge is 2.28. The molecule has 0 aromatic rings. The van der Waals surface area contributed by atoms with E-state index in [0.29, 0.717) is 12.3 Å². The van der Waals surface area contributed by atoms with Crippen molar-refractivity contribution in [2.45, 2.75) is 66.5 Å². The molecule has 0 bridgehead atoms. The third-order valence-electron chi connectivity index (χ3n) is 3.28. The molecule has 4 nitrogen and oxygen atoms in total. The molecule has 0 saturated carbocycles. The average molecular weight is 297 g/mol. The van der Waals surface area contributed by atoms with E-state index in [2.05, 4.69) is 25.7 Å². The van der Waals surface area contributed by atoms with Gasteiger partial charge in [-0.3, -0.25) is 4.79 Å². The summed E-state index contributed by atoms with van der Waals surface area (Å²) < 4.78 is 5.22. The second-order valence-corrected chi connectivity index (χ2v) is 7.18. The molecule has 0 aliphatic heterocycles. The van der Waals surface area contributed by atoms with Crippen molar-refractivity contribution >= 4 is 11.9 Å². The van der Waals surface area contributed by atoms with Crippen LogP contribution in [0, 0.1) is 17.8 Å². The number of carbonyl (C=O) groups is 2. The molecule has 1 amide bonds. The zero-order chi connectivity index (χ0) is 16.8. The number of hydrogen-bond acceptors (Lipinski definition) is 3. The van der Waals surface area contributed by atoms with Gasteiger partial charge in [-0.1, -0.05) is 33.8 Å². The van der Waals surface area contributed by atoms with Crippen LogP contribution >= 0.6 is 0 Å². The maximum Gasteiger partial charge on any atom is 0.408 e. The van der Waals surface area contributed by atoms with E-state index in [1.807, 2.05) is 19.9 Å². The van der Waals surface area contributed by atoms with Gasteiger partial charge < -0.3 is 10.1 Å². The lowest BCUT2D eigenvalue weighted by atomic mass is 9.87. The van der Waals surface area contributed by atoms with Crippen molar-refractivity contribution in [3.8, 4) is 0 Å². The number of rotatable bonds is 7. The van der Waals surface area contributed by atoms with E-state index in [0.717, 1.165) is 0 Å². The first-order valence-electron chi connectivity index (χ1n) is 7.62. The normalized spacial score (nSPS) is 14.7. The fourth-order valence-electron chi connectivity index (χ4n) is 2.00. The van der Waals surface area contributed by atoms with Crippen LogP contribution in [0.4, 0.5) is 4.79 Å². The number of ether oxygens (including phenoxy) is 1. The monoisotopic (exact) mass is 297 g/mol. The maximum absolute atomic E-state index is 12.4. The SMILES string of the molecule is C=CC(CC(=O)[C@@H](NC(=O)OC(C)(C)C)C(C)C)C(C)C. The number of alkyl carbamates (subject to hydrolysis) is 1. The summed E-state index contributed by atoms with van der Waals surface area (Å²) in [6, 6.07) is -0.527. The number of amides is 1. The fourth-order valence-corrected chi connectivity index (χ4v) is 2.00. The van der Waals surface area contributed by atoms with Crippen molar-refractivity contribution in [1.29, 1.82) is 0 Å². The molecule has 0 saturated heterocycles. The minimum absolute atomic E-state index is 0.0163. The second kappa shape index (κ2) is 8.20. The lowest BCUT2D eigenvalue weighted by Crippen LogP contribution is -2.46. The molecule has 0 aromatic carbocycles. The van der Waals surface area contributed by atoms with Crippen LogP contribution in [0.1, 0.15) is 54.9 Å². The molecular formula is C17H31NO3. The van der Waals surface area contributed by atoms with E-state index in [9.17, 15) is 9.59 Å². The smallest absolute Gasteiger partial charge is 0.408 e. The Morgan fingerprint density at radius 2 is 1.67 bits per heavy atom. The third kappa shape index (κ3) is 7.88. The third-order valence-corrected chi connectivity index (χ3v) is 3.28. The van der Waals surface area contributed by atoms with Gasteiger partial charge in [0.1, 0.15) is 5.60 Å². The number of Topliss-reactive ketones (excluding diaryl/α,β-unsaturated/α-hetero) is 1. The van der Waals surface area contributed by atoms with Crippen LogP contribution in [0.25, 0.3) is 0 Å². The van der Waals surface area contributed by atoms with Crippen molar-refractivity contribution in [2.75, 3.05) is 0 Å². The van der Waals surface area contributed by atoms with Crippen molar-refractivity contribution in [3.63, 3.8) is 0 Å². The average Bonchev–Trinajstić information content (AvgIpc) is 2.29. The van der Waals surface area contributed by atoms with E-state index in [1.165, 1.54) is 0 Å². The minimum Gasteiger partial charge on any atom is -0.444 e. The van der Waals surface area contributed by atoms with Gasteiger partial charge in [0.2, 0.25) is 0 Å². The molecule has 0 rings (SSSR count). The van der Waals surface area contributed by atoms with Crippen LogP contribution in [0.2, 0.25) is 0 Å². The Hall–Kier alpha value is -1.32. The van der Waals surface area contributed by atoms with E-state index < -0.39 is 17.7 Å². The Kier molecular flexibility index (Phi) is 7.69. The number of allylic oxidation sites excluding steroid dienone is 1. The summed E-state index contributed by atoms with van der Waals surface area (Å²) in [6.07, 6.45) is 1.65. The quantitative estimate of drug-likeness (QED) is 0.724. The predicted octanol–water partition coefficient (Wildman–Crippen LogP) is 3.95. The zero-order valence-corrected chi connectivity index (χ0v) is 14.5. The van der Waals surface area contributed by atoms with E-state index >= 15 is 0 Å². The Morgan fingerprint density at radius 3 is 2.00 bits per heavy atom. The van der Waals surface area contributed by atoms with Crippen LogP contribution in [0.15, 0.2) is 12.7 Å². The van der Waals surface area contributed by atoms with Gasteiger partial charge in [-0.25, -0.2) is 4.79 Å². The maximum atomic E-state index is 12.4. The summed E-state index contributed by atoms with van der Waals surface area (Å²) in [5.41, 5.74) is -0.573. The fraction of sp³-hybridized carbons (Fsp3) is 0.765. The van der Waals surface area contributed by atoms with Crippen LogP contribution in [0.5, 0.6) is 0 Å². The summed E-state index contributed by atoms with van der Waals surface area (Å²) in [7, 11) is 0. The molecule has 1 unspecified atom stereocenters. The summed E-state index contributed by atoms with van der Waals surface area (Å²) >= 11 is 0. The number of nitrogens with one attached hydrogen (secondary N) is 1. The minimum atomic E-state index is -0.573. The highest BCUT2D eigenvalue weighted by molar-refractivity contribution is 5.88. The molecule has 0 aromatic heterocycles. The van der Waals surface area contributed by atoms with Gasteiger partial charge in [0.15, 0.2) is 5.78 Å². The molecule has 0 heterocycles. The lowest BCUT2D eigenvalue weighted by molar-refractivity contribution is -0.123. The van der Waals surface area contributed by atoms with Gasteiger partial charge in [0.25, 0.3) is 0 Å². The largest absolute Gasteiger partial charge is 0.444 e. The van der Waals surface area contributed by atoms with Gasteiger partial charge in [0, 0.05) is 6.42 Å². The number of hydrogen-bond donors (Lipinski definition) is 1. The molecule has 0 fully saturated rings. The number of carbonyl (C=O) groups excluding carboxylic acids is 2. The summed E-state index contributed by atoms with van der Waals surface area (Å²) in [4.78, 5) is 24.3. The standard InChI is InChI=1S/C17H31NO3/c1-9-13(11(2)3)10-14(19)15(12(4)5)18-16(20)21-17(6,7)8/h9,11-13,15H,1,10H2,2-8H3,(H,18,20)/t13?,15-/m0/s1. The molecular weight excluding hydrogens is 266 g/mol. The van der Waals surface area contributed by atoms with Gasteiger partial charge in [-0.05, 0) is 38.5 Å². The van der Waals surface area contributed by atoms with Crippen molar-refractivity contribution in [3.05, 3.63) is 12.7 Å². The van der Waals surface area contributed by atoms with Gasteiger partial charge in [-0.15, -0.1) is 6.58 Å². The zero-order valence-electron chi connectivity index (χ0n) is 14.5. The summed E-state index contributed by atoms with van der Waals surface area (Å²) in [6.45, 7) is 17.1. The highest BCUT2D eigenvalue weighted by atomic mass is 16.6. The summed E-state index contributed by atoms with van der Waals surface area (Å²) in [5, 5.41) is 2.70. The molecule has 21 heavy (non-hydrogen) atoms. The molecule has 122 valence electrons. The Labute approximate surface area is 129 Å². The summed E-state index contributed by atoms with van der Waals surface area (Å²) in [5.74, 6) is 0.511. The van der Waals surface area contributed by atoms with Crippen molar-refractivity contribution in [2.24, 2.45) is 17.8 Å². The van der Waals surface area contributed by atoms with E-state index in [1.54, 1.807) is 20.8 Å². The molecule has 0 aliphatic rings. The van der Waals surface area contributed by atoms with E-state index in [-0.39, 0.29) is 17.6 Å². The Bertz CT molecular complexity index is 367. The predicted molar refractivity (Wildman–Crippen MR) is 86.1 cm³/mol.